The molecule has 0 aliphatic heterocycles. The van der Waals surface area contributed by atoms with Crippen molar-refractivity contribution in [2.24, 2.45) is 16.2 Å². The molecule has 2 bridgehead atoms. The Morgan fingerprint density at radius 2 is 1.71 bits per heavy atom. The molecule has 2 aliphatic carbocycles. The van der Waals surface area contributed by atoms with Crippen LogP contribution in [0.5, 0.6) is 5.75 Å². The number of fused-ring (bicyclic) bond motifs is 3. The molecule has 124 valence electrons. The van der Waals surface area contributed by atoms with E-state index < -0.39 is 10.8 Å². The van der Waals surface area contributed by atoms with Gasteiger partial charge in [-0.2, -0.15) is 0 Å². The van der Waals surface area contributed by atoms with Gasteiger partial charge in [0.2, 0.25) is 0 Å². The first-order valence-corrected chi connectivity index (χ1v) is 8.55. The summed E-state index contributed by atoms with van der Waals surface area (Å²) in [6.07, 6.45) is 1.81. The van der Waals surface area contributed by atoms with Crippen LogP contribution in [0.25, 0.3) is 10.8 Å². The van der Waals surface area contributed by atoms with Crippen molar-refractivity contribution < 1.29 is 14.3 Å². The number of Topliss-reactive ketones (excluding diaryl/α,β-unsaturated/α-hetero) is 1. The van der Waals surface area contributed by atoms with Crippen LogP contribution in [0.3, 0.4) is 0 Å². The van der Waals surface area contributed by atoms with E-state index in [9.17, 15) is 9.59 Å². The Labute approximate surface area is 142 Å². The second-order valence-electron chi connectivity index (χ2n) is 8.04. The molecule has 4 rings (SSSR count). The Morgan fingerprint density at radius 1 is 1.00 bits per heavy atom. The molecule has 0 aromatic heterocycles. The zero-order chi connectivity index (χ0) is 17.2. The van der Waals surface area contributed by atoms with Crippen LogP contribution >= 0.6 is 0 Å². The van der Waals surface area contributed by atoms with Gasteiger partial charge in [0.15, 0.2) is 0 Å². The molecule has 0 saturated heterocycles. The summed E-state index contributed by atoms with van der Waals surface area (Å²) in [5.74, 6) is 0.503. The van der Waals surface area contributed by atoms with Gasteiger partial charge in [-0.15, -0.1) is 0 Å². The summed E-state index contributed by atoms with van der Waals surface area (Å²) < 4.78 is 5.77. The molecule has 2 saturated carbocycles. The lowest BCUT2D eigenvalue weighted by Gasteiger charge is -2.37. The van der Waals surface area contributed by atoms with Gasteiger partial charge < -0.3 is 4.74 Å². The molecule has 0 spiro atoms. The van der Waals surface area contributed by atoms with E-state index in [1.54, 1.807) is 0 Å². The predicted molar refractivity (Wildman–Crippen MR) is 92.8 cm³/mol. The van der Waals surface area contributed by atoms with E-state index in [1.807, 2.05) is 63.2 Å². The monoisotopic (exact) mass is 322 g/mol. The maximum absolute atomic E-state index is 13.1. The highest BCUT2D eigenvalue weighted by molar-refractivity contribution is 5.98. The lowest BCUT2D eigenvalue weighted by molar-refractivity contribution is -0.151. The highest BCUT2D eigenvalue weighted by Gasteiger charge is 2.73. The number of benzene rings is 2. The van der Waals surface area contributed by atoms with Crippen molar-refractivity contribution in [1.29, 1.82) is 0 Å². The maximum atomic E-state index is 13.1. The van der Waals surface area contributed by atoms with Gasteiger partial charge in [-0.05, 0) is 41.2 Å². The third kappa shape index (κ3) is 1.73. The molecule has 2 aromatic carbocycles. The van der Waals surface area contributed by atoms with Crippen molar-refractivity contribution in [1.82, 2.24) is 0 Å². The molecule has 24 heavy (non-hydrogen) atoms. The Balaban J connectivity index is 1.68. The van der Waals surface area contributed by atoms with Gasteiger partial charge in [0.05, 0.1) is 5.41 Å². The van der Waals surface area contributed by atoms with E-state index in [0.717, 1.165) is 23.6 Å². The van der Waals surface area contributed by atoms with Crippen LogP contribution in [0.15, 0.2) is 42.5 Å². The highest BCUT2D eigenvalue weighted by atomic mass is 16.5. The Kier molecular flexibility index (Phi) is 3.00. The first-order valence-electron chi connectivity index (χ1n) is 8.55. The molecule has 2 atom stereocenters. The molecular formula is C21H22O3. The van der Waals surface area contributed by atoms with Gasteiger partial charge in [0.1, 0.15) is 11.5 Å². The van der Waals surface area contributed by atoms with E-state index in [-0.39, 0.29) is 17.2 Å². The second kappa shape index (κ2) is 4.69. The summed E-state index contributed by atoms with van der Waals surface area (Å²) in [4.78, 5) is 25.6. The number of hydrogen-bond donors (Lipinski definition) is 0. The summed E-state index contributed by atoms with van der Waals surface area (Å²) >= 11 is 0. The van der Waals surface area contributed by atoms with Crippen LogP contribution < -0.4 is 4.74 Å². The first-order chi connectivity index (χ1) is 11.3. The second-order valence-corrected chi connectivity index (χ2v) is 8.04. The van der Waals surface area contributed by atoms with Crippen LogP contribution in [-0.4, -0.2) is 11.8 Å². The van der Waals surface area contributed by atoms with Gasteiger partial charge in [0.25, 0.3) is 0 Å². The fourth-order valence-electron chi connectivity index (χ4n) is 4.75. The van der Waals surface area contributed by atoms with E-state index in [0.29, 0.717) is 12.2 Å². The largest absolute Gasteiger partial charge is 0.426 e. The third-order valence-corrected chi connectivity index (χ3v) is 7.03. The van der Waals surface area contributed by atoms with E-state index in [2.05, 4.69) is 0 Å². The summed E-state index contributed by atoms with van der Waals surface area (Å²) in [7, 11) is 0. The summed E-state index contributed by atoms with van der Waals surface area (Å²) in [5.41, 5.74) is -1.47. The normalized spacial score (nSPS) is 30.7. The maximum Gasteiger partial charge on any atom is 0.318 e. The molecule has 0 radical (unpaired) electrons. The molecule has 0 N–H and O–H groups in total. The molecule has 0 heterocycles. The quantitative estimate of drug-likeness (QED) is 0.602. The molecule has 2 unspecified atom stereocenters. The van der Waals surface area contributed by atoms with Gasteiger partial charge in [-0.3, -0.25) is 9.59 Å². The number of carbonyl (C=O) groups is 2. The van der Waals surface area contributed by atoms with E-state index in [4.69, 9.17) is 4.74 Å². The van der Waals surface area contributed by atoms with Gasteiger partial charge in [-0.25, -0.2) is 0 Å². The van der Waals surface area contributed by atoms with Crippen molar-refractivity contribution in [2.45, 2.75) is 40.0 Å². The Hall–Kier alpha value is -2.16. The average Bonchev–Trinajstić information content (AvgIpc) is 2.85. The lowest BCUT2D eigenvalue weighted by Crippen LogP contribution is -2.42. The number of esters is 1. The standard InChI is InChI=1S/C21H22O3/c1-19(2)20(3)10-11-21(19,13-17(20)22)18(23)24-16-9-8-14-6-4-5-7-15(14)12-16/h4-9,12H,10-11,13H2,1-3H3. The van der Waals surface area contributed by atoms with Crippen LogP contribution in [0, 0.1) is 16.2 Å². The summed E-state index contributed by atoms with van der Waals surface area (Å²) in [6, 6.07) is 13.7. The summed E-state index contributed by atoms with van der Waals surface area (Å²) in [5, 5.41) is 2.15. The molecular weight excluding hydrogens is 300 g/mol. The van der Waals surface area contributed by atoms with Crippen molar-refractivity contribution in [3.63, 3.8) is 0 Å². The zero-order valence-corrected chi connectivity index (χ0v) is 14.4. The van der Waals surface area contributed by atoms with Gasteiger partial charge >= 0.3 is 5.97 Å². The number of rotatable bonds is 2. The minimum Gasteiger partial charge on any atom is -0.426 e. The van der Waals surface area contributed by atoms with Gasteiger partial charge in [0, 0.05) is 11.8 Å². The number of hydrogen-bond acceptors (Lipinski definition) is 3. The first kappa shape index (κ1) is 15.4. The fraction of sp³-hybridized carbons (Fsp3) is 0.429. The smallest absolute Gasteiger partial charge is 0.318 e. The number of ether oxygens (including phenoxy) is 1. The molecule has 3 nitrogen and oxygen atoms in total. The van der Waals surface area contributed by atoms with E-state index in [1.165, 1.54) is 0 Å². The SMILES string of the molecule is CC12CCC(C(=O)Oc3ccc4ccccc4c3)(CC1=O)C2(C)C. The predicted octanol–water partition coefficient (Wildman–Crippen LogP) is 4.53. The number of carbonyl (C=O) groups excluding carboxylic acids is 2. The zero-order valence-electron chi connectivity index (χ0n) is 14.4. The average molecular weight is 322 g/mol. The highest BCUT2D eigenvalue weighted by Crippen LogP contribution is 2.70. The minimum atomic E-state index is -0.690. The van der Waals surface area contributed by atoms with Crippen LogP contribution in [0.1, 0.15) is 40.0 Å². The van der Waals surface area contributed by atoms with Gasteiger partial charge in [-0.1, -0.05) is 51.1 Å². The van der Waals surface area contributed by atoms with Crippen molar-refractivity contribution >= 4 is 22.5 Å². The van der Waals surface area contributed by atoms with Crippen molar-refractivity contribution in [3.8, 4) is 5.75 Å². The molecule has 0 amide bonds. The Bertz CT molecular complexity index is 866. The minimum absolute atomic E-state index is 0.203. The summed E-state index contributed by atoms with van der Waals surface area (Å²) in [6.45, 7) is 6.10. The number of ketones is 1. The topological polar surface area (TPSA) is 43.4 Å². The molecule has 3 heteroatoms. The third-order valence-electron chi connectivity index (χ3n) is 7.03. The van der Waals surface area contributed by atoms with E-state index >= 15 is 0 Å². The van der Waals surface area contributed by atoms with Crippen LogP contribution in [0.4, 0.5) is 0 Å². The molecule has 2 fully saturated rings. The van der Waals surface area contributed by atoms with Crippen molar-refractivity contribution in [2.75, 3.05) is 0 Å². The fourth-order valence-corrected chi connectivity index (χ4v) is 4.75. The van der Waals surface area contributed by atoms with Crippen molar-refractivity contribution in [3.05, 3.63) is 42.5 Å². The van der Waals surface area contributed by atoms with Crippen LogP contribution in [-0.2, 0) is 9.59 Å². The van der Waals surface area contributed by atoms with Crippen LogP contribution in [0.2, 0.25) is 0 Å². The molecule has 2 aliphatic rings. The Morgan fingerprint density at radius 3 is 2.33 bits per heavy atom. The lowest BCUT2D eigenvalue weighted by atomic mass is 9.65. The molecule has 2 aromatic rings.